The van der Waals surface area contributed by atoms with Crippen LogP contribution in [-0.2, 0) is 0 Å². The van der Waals surface area contributed by atoms with Crippen LogP contribution in [0.4, 0.5) is 30.9 Å². The minimum atomic E-state index is -10.7. The van der Waals surface area contributed by atoms with Gasteiger partial charge in [0.05, 0.1) is 6.07 Å². The summed E-state index contributed by atoms with van der Waals surface area (Å²) in [4.78, 5) is 2.09. The zero-order valence-electron chi connectivity index (χ0n) is 18.4. The average Bonchev–Trinajstić information content (AvgIpc) is 2.69. The molecule has 178 valence electrons. The molecule has 1 aliphatic heterocycles. The molecule has 0 unspecified atom stereocenters. The number of fused-ring (bicyclic) bond motifs is 2. The van der Waals surface area contributed by atoms with Crippen molar-refractivity contribution in [1.82, 2.24) is 4.58 Å². The molecular weight excluding hydrogens is 465 g/mol. The first-order valence-electron chi connectivity index (χ1n) is 9.80. The maximum atomic E-state index is 9.87. The first kappa shape index (κ1) is 24.6. The molecule has 0 saturated heterocycles. The van der Waals surface area contributed by atoms with Crippen LogP contribution < -0.4 is 14.8 Å². The summed E-state index contributed by atoms with van der Waals surface area (Å²) in [6.07, 6.45) is 0. The van der Waals surface area contributed by atoms with Crippen LogP contribution in [0.25, 0.3) is 33.4 Å². The van der Waals surface area contributed by atoms with Crippen LogP contribution in [0.15, 0.2) is 71.1 Å². The van der Waals surface area contributed by atoms with Crippen molar-refractivity contribution in [2.24, 2.45) is 0 Å². The Bertz CT molecular complexity index is 1330. The molecule has 2 aromatic rings. The summed E-state index contributed by atoms with van der Waals surface area (Å²) >= 11 is 0. The number of hydrogen-bond acceptors (Lipinski definition) is 2. The molecule has 0 spiro atoms. The standard InChI is InChI=1S/C23H23N2O.F6P/c1-24(2)17-10-12-19-21(14-17)26-22-15-18(25(3)4)11-13-20(22)23(19)16-8-6-5-7-9-16;1-7(2,3,4,5)6/h5-15H,1-4H3;/q+1;-1. The van der Waals surface area contributed by atoms with E-state index in [9.17, 15) is 25.2 Å². The van der Waals surface area contributed by atoms with E-state index in [4.69, 9.17) is 4.42 Å². The van der Waals surface area contributed by atoms with E-state index >= 15 is 0 Å². The van der Waals surface area contributed by atoms with Gasteiger partial charge in [-0.15, -0.1) is 0 Å². The van der Waals surface area contributed by atoms with Gasteiger partial charge in [-0.2, -0.15) is 0 Å². The first-order valence-corrected chi connectivity index (χ1v) is 11.8. The van der Waals surface area contributed by atoms with Gasteiger partial charge in [0.1, 0.15) is 25.4 Å². The molecule has 0 N–H and O–H groups in total. The molecule has 0 fully saturated rings. The van der Waals surface area contributed by atoms with E-state index < -0.39 is 7.81 Å². The fraction of sp³-hybridized carbons (Fsp3) is 0.174. The third-order valence-electron chi connectivity index (χ3n) is 4.78. The van der Waals surface area contributed by atoms with Crippen LogP contribution in [0.5, 0.6) is 0 Å². The second-order valence-electron chi connectivity index (χ2n) is 7.95. The Kier molecular flexibility index (Phi) is 5.78. The van der Waals surface area contributed by atoms with Gasteiger partial charge >= 0.3 is 33.0 Å². The van der Waals surface area contributed by atoms with Gasteiger partial charge in [-0.3, -0.25) is 0 Å². The molecule has 0 saturated carbocycles. The first-order chi connectivity index (χ1) is 15.0. The number of hydrogen-bond donors (Lipinski definition) is 0. The summed E-state index contributed by atoms with van der Waals surface area (Å²) in [6, 6.07) is 23.4. The third kappa shape index (κ3) is 6.96. The Morgan fingerprint density at radius 2 is 1.39 bits per heavy atom. The van der Waals surface area contributed by atoms with Gasteiger partial charge in [0.25, 0.3) is 0 Å². The zero-order valence-corrected chi connectivity index (χ0v) is 19.3. The van der Waals surface area contributed by atoms with Gasteiger partial charge in [-0.25, -0.2) is 4.58 Å². The van der Waals surface area contributed by atoms with Crippen molar-refractivity contribution in [1.29, 1.82) is 0 Å². The van der Waals surface area contributed by atoms with E-state index in [0.29, 0.717) is 0 Å². The van der Waals surface area contributed by atoms with Gasteiger partial charge in [0.2, 0.25) is 5.36 Å². The summed E-state index contributed by atoms with van der Waals surface area (Å²) < 4.78 is 67.6. The molecule has 0 aromatic heterocycles. The second-order valence-corrected chi connectivity index (χ2v) is 9.87. The summed E-state index contributed by atoms with van der Waals surface area (Å²) in [5.41, 5.74) is 5.58. The van der Waals surface area contributed by atoms with Crippen LogP contribution in [-0.4, -0.2) is 28.2 Å². The average molecular weight is 488 g/mol. The Morgan fingerprint density at radius 1 is 0.788 bits per heavy atom. The number of anilines is 1. The number of halogens is 6. The number of rotatable bonds is 2. The van der Waals surface area contributed by atoms with Crippen molar-refractivity contribution in [2.75, 3.05) is 33.1 Å². The fourth-order valence-electron chi connectivity index (χ4n) is 3.34. The van der Waals surface area contributed by atoms with Crippen LogP contribution in [0.1, 0.15) is 0 Å². The summed E-state index contributed by atoms with van der Waals surface area (Å²) in [6.45, 7) is 0. The van der Waals surface area contributed by atoms with E-state index in [-0.39, 0.29) is 0 Å². The number of benzene rings is 3. The molecule has 33 heavy (non-hydrogen) atoms. The molecule has 0 bridgehead atoms. The van der Waals surface area contributed by atoms with E-state index in [1.165, 1.54) is 11.1 Å². The fourth-order valence-corrected chi connectivity index (χ4v) is 3.34. The molecule has 0 atom stereocenters. The summed E-state index contributed by atoms with van der Waals surface area (Å²) in [5.74, 6) is 0.901. The molecule has 4 rings (SSSR count). The van der Waals surface area contributed by atoms with E-state index in [2.05, 4.69) is 76.2 Å². The summed E-state index contributed by atoms with van der Waals surface area (Å²) in [5, 5.41) is 2.26. The predicted octanol–water partition coefficient (Wildman–Crippen LogP) is 7.68. The van der Waals surface area contributed by atoms with Crippen molar-refractivity contribution in [3.8, 4) is 22.5 Å². The van der Waals surface area contributed by atoms with Crippen molar-refractivity contribution in [3.05, 3.63) is 72.1 Å². The molecule has 2 aliphatic rings. The van der Waals surface area contributed by atoms with Crippen LogP contribution in [0.2, 0.25) is 0 Å². The Morgan fingerprint density at radius 3 is 1.94 bits per heavy atom. The molecule has 1 heterocycles. The van der Waals surface area contributed by atoms with E-state index in [1.54, 1.807) is 0 Å². The predicted molar refractivity (Wildman–Crippen MR) is 123 cm³/mol. The van der Waals surface area contributed by atoms with Crippen LogP contribution >= 0.6 is 7.81 Å². The second kappa shape index (κ2) is 7.76. The Hall–Kier alpha value is -3.06. The molecule has 1 aliphatic carbocycles. The topological polar surface area (TPSA) is 19.4 Å². The quantitative estimate of drug-likeness (QED) is 0.125. The third-order valence-corrected chi connectivity index (χ3v) is 4.78. The molecule has 3 nitrogen and oxygen atoms in total. The molecule has 0 amide bonds. The van der Waals surface area contributed by atoms with Crippen LogP contribution in [0.3, 0.4) is 0 Å². The van der Waals surface area contributed by atoms with Crippen LogP contribution in [0, 0.1) is 0 Å². The monoisotopic (exact) mass is 488 g/mol. The maximum absolute atomic E-state index is 10.7. The zero-order chi connectivity index (χ0) is 24.7. The van der Waals surface area contributed by atoms with Crippen molar-refractivity contribution in [2.45, 2.75) is 0 Å². The summed E-state index contributed by atoms with van der Waals surface area (Å²) in [7, 11) is -2.47. The van der Waals surface area contributed by atoms with E-state index in [1.807, 2.05) is 28.2 Å². The van der Waals surface area contributed by atoms with Crippen molar-refractivity contribution < 1.29 is 29.6 Å². The molecular formula is C23H23F6N2OP. The van der Waals surface area contributed by atoms with Gasteiger partial charge in [-0.05, 0) is 23.8 Å². The van der Waals surface area contributed by atoms with Crippen molar-refractivity contribution in [3.63, 3.8) is 0 Å². The van der Waals surface area contributed by atoms with Crippen molar-refractivity contribution >= 4 is 24.5 Å². The van der Waals surface area contributed by atoms with Gasteiger partial charge in [0.15, 0.2) is 0 Å². The SMILES string of the molecule is CN(C)c1ccc2c(-c3ccccc3)c3ccc(=[N+](C)C)cc-3oc2c1.F[P-](F)(F)(F)(F)F. The van der Waals surface area contributed by atoms with Gasteiger partial charge < -0.3 is 9.32 Å². The Labute approximate surface area is 186 Å². The van der Waals surface area contributed by atoms with Gasteiger partial charge in [0, 0.05) is 48.4 Å². The molecule has 10 heteroatoms. The van der Waals surface area contributed by atoms with E-state index in [0.717, 1.165) is 33.3 Å². The molecule has 0 radical (unpaired) electrons. The Balaban J connectivity index is 0.000000383. The number of nitrogens with zero attached hydrogens (tertiary/aromatic N) is 2. The normalized spacial score (nSPS) is 13.6. The minimum absolute atomic E-state index is 0.901. The van der Waals surface area contributed by atoms with Gasteiger partial charge in [-0.1, -0.05) is 30.3 Å². The molecule has 2 aromatic carbocycles.